The fourth-order valence-corrected chi connectivity index (χ4v) is 1.58. The van der Waals surface area contributed by atoms with Crippen LogP contribution in [0.2, 0.25) is 0 Å². The Morgan fingerprint density at radius 3 is 2.88 bits per heavy atom. The van der Waals surface area contributed by atoms with E-state index in [1.807, 2.05) is 50.4 Å². The molecule has 0 spiro atoms. The normalized spacial score (nSPS) is 10.0. The quantitative estimate of drug-likeness (QED) is 0.873. The van der Waals surface area contributed by atoms with Crippen molar-refractivity contribution >= 4 is 5.69 Å². The minimum Gasteiger partial charge on any atom is -0.487 e. The van der Waals surface area contributed by atoms with E-state index >= 15 is 0 Å². The van der Waals surface area contributed by atoms with Crippen LogP contribution in [0.25, 0.3) is 0 Å². The van der Waals surface area contributed by atoms with E-state index < -0.39 is 0 Å². The average molecular weight is 228 g/mol. The molecule has 0 radical (unpaired) electrons. The van der Waals surface area contributed by atoms with Gasteiger partial charge in [-0.15, -0.1) is 0 Å². The predicted octanol–water partition coefficient (Wildman–Crippen LogP) is 3.01. The Labute approximate surface area is 101 Å². The van der Waals surface area contributed by atoms with Crippen molar-refractivity contribution < 1.29 is 4.74 Å². The standard InChI is InChI=1S/C14H16N2O/c1-11-4-3-5-14(8-11)17-10-13-9-12(15-2)6-7-16-13/h3-9H,10H2,1-2H3,(H,15,16). The van der Waals surface area contributed by atoms with Crippen molar-refractivity contribution in [2.45, 2.75) is 13.5 Å². The number of pyridine rings is 1. The number of nitrogens with zero attached hydrogens (tertiary/aromatic N) is 1. The van der Waals surface area contributed by atoms with E-state index in [-0.39, 0.29) is 0 Å². The largest absolute Gasteiger partial charge is 0.487 e. The highest BCUT2D eigenvalue weighted by atomic mass is 16.5. The molecule has 2 rings (SSSR count). The molecule has 0 saturated carbocycles. The second-order valence-electron chi connectivity index (χ2n) is 3.89. The Balaban J connectivity index is 2.02. The summed E-state index contributed by atoms with van der Waals surface area (Å²) in [5.74, 6) is 0.877. The lowest BCUT2D eigenvalue weighted by molar-refractivity contribution is 0.301. The highest BCUT2D eigenvalue weighted by Gasteiger charge is 1.98. The van der Waals surface area contributed by atoms with E-state index in [1.54, 1.807) is 6.20 Å². The first-order chi connectivity index (χ1) is 8.28. The lowest BCUT2D eigenvalue weighted by Gasteiger charge is -2.07. The van der Waals surface area contributed by atoms with Crippen LogP contribution in [0.5, 0.6) is 5.75 Å². The van der Waals surface area contributed by atoms with Crippen molar-refractivity contribution in [3.63, 3.8) is 0 Å². The Hall–Kier alpha value is -2.03. The molecule has 1 aromatic heterocycles. The molecule has 1 N–H and O–H groups in total. The molecule has 0 unspecified atom stereocenters. The molecule has 1 heterocycles. The SMILES string of the molecule is CNc1ccnc(COc2cccc(C)c2)c1. The predicted molar refractivity (Wildman–Crippen MR) is 69.3 cm³/mol. The monoisotopic (exact) mass is 228 g/mol. The molecule has 17 heavy (non-hydrogen) atoms. The van der Waals surface area contributed by atoms with Crippen LogP contribution in [0, 0.1) is 6.92 Å². The first-order valence-corrected chi connectivity index (χ1v) is 5.60. The molecule has 3 nitrogen and oxygen atoms in total. The molecule has 0 aliphatic carbocycles. The molecule has 1 aromatic carbocycles. The van der Waals surface area contributed by atoms with Crippen LogP contribution in [0.3, 0.4) is 0 Å². The van der Waals surface area contributed by atoms with Gasteiger partial charge < -0.3 is 10.1 Å². The number of anilines is 1. The summed E-state index contributed by atoms with van der Waals surface area (Å²) in [6.07, 6.45) is 1.78. The van der Waals surface area contributed by atoms with Gasteiger partial charge in [0.05, 0.1) is 5.69 Å². The second-order valence-corrected chi connectivity index (χ2v) is 3.89. The van der Waals surface area contributed by atoms with Gasteiger partial charge in [-0.3, -0.25) is 4.98 Å². The summed E-state index contributed by atoms with van der Waals surface area (Å²) in [5, 5.41) is 3.08. The number of hydrogen-bond donors (Lipinski definition) is 1. The molecular weight excluding hydrogens is 212 g/mol. The Kier molecular flexibility index (Phi) is 3.60. The molecule has 2 aromatic rings. The van der Waals surface area contributed by atoms with E-state index in [2.05, 4.69) is 10.3 Å². The maximum absolute atomic E-state index is 5.68. The number of rotatable bonds is 4. The molecule has 0 saturated heterocycles. The van der Waals surface area contributed by atoms with E-state index in [0.29, 0.717) is 6.61 Å². The lowest BCUT2D eigenvalue weighted by Crippen LogP contribution is -1.99. The number of nitrogens with one attached hydrogen (secondary N) is 1. The summed E-state index contributed by atoms with van der Waals surface area (Å²) < 4.78 is 5.68. The molecule has 0 fully saturated rings. The Morgan fingerprint density at radius 1 is 1.24 bits per heavy atom. The van der Waals surface area contributed by atoms with Crippen molar-refractivity contribution in [1.29, 1.82) is 0 Å². The van der Waals surface area contributed by atoms with Gasteiger partial charge in [-0.05, 0) is 36.8 Å². The van der Waals surface area contributed by atoms with Crippen molar-refractivity contribution in [3.8, 4) is 5.75 Å². The second kappa shape index (κ2) is 5.34. The van der Waals surface area contributed by atoms with Gasteiger partial charge in [0.15, 0.2) is 0 Å². The van der Waals surface area contributed by atoms with Crippen LogP contribution in [0.1, 0.15) is 11.3 Å². The first-order valence-electron chi connectivity index (χ1n) is 5.60. The summed E-state index contributed by atoms with van der Waals surface area (Å²) in [6.45, 7) is 2.53. The average Bonchev–Trinajstić information content (AvgIpc) is 2.37. The zero-order valence-electron chi connectivity index (χ0n) is 10.1. The van der Waals surface area contributed by atoms with Crippen LogP contribution in [-0.4, -0.2) is 12.0 Å². The van der Waals surface area contributed by atoms with Gasteiger partial charge in [0.2, 0.25) is 0 Å². The van der Waals surface area contributed by atoms with Crippen LogP contribution in [0.15, 0.2) is 42.6 Å². The minimum atomic E-state index is 0.485. The molecule has 0 bridgehead atoms. The van der Waals surface area contributed by atoms with Gasteiger partial charge in [0, 0.05) is 18.9 Å². The smallest absolute Gasteiger partial charge is 0.130 e. The first kappa shape index (κ1) is 11.5. The molecule has 0 atom stereocenters. The molecule has 88 valence electrons. The topological polar surface area (TPSA) is 34.2 Å². The maximum Gasteiger partial charge on any atom is 0.130 e. The molecule has 0 amide bonds. The van der Waals surface area contributed by atoms with Gasteiger partial charge in [-0.25, -0.2) is 0 Å². The molecular formula is C14H16N2O. The van der Waals surface area contributed by atoms with E-state index in [4.69, 9.17) is 4.74 Å². The third-order valence-electron chi connectivity index (χ3n) is 2.48. The summed E-state index contributed by atoms with van der Waals surface area (Å²) in [4.78, 5) is 4.26. The van der Waals surface area contributed by atoms with Gasteiger partial charge in [-0.2, -0.15) is 0 Å². The summed E-state index contributed by atoms with van der Waals surface area (Å²) in [5.41, 5.74) is 3.15. The zero-order chi connectivity index (χ0) is 12.1. The fraction of sp³-hybridized carbons (Fsp3) is 0.214. The number of aromatic nitrogens is 1. The van der Waals surface area contributed by atoms with Crippen molar-refractivity contribution in [2.24, 2.45) is 0 Å². The molecule has 3 heteroatoms. The molecule has 0 aliphatic rings. The number of hydrogen-bond acceptors (Lipinski definition) is 3. The summed E-state index contributed by atoms with van der Waals surface area (Å²) in [7, 11) is 1.89. The summed E-state index contributed by atoms with van der Waals surface area (Å²) in [6, 6.07) is 11.9. The van der Waals surface area contributed by atoms with E-state index in [1.165, 1.54) is 5.56 Å². The van der Waals surface area contributed by atoms with E-state index in [9.17, 15) is 0 Å². The number of benzene rings is 1. The van der Waals surface area contributed by atoms with Gasteiger partial charge >= 0.3 is 0 Å². The third-order valence-corrected chi connectivity index (χ3v) is 2.48. The van der Waals surface area contributed by atoms with E-state index in [0.717, 1.165) is 17.1 Å². The van der Waals surface area contributed by atoms with Gasteiger partial charge in [-0.1, -0.05) is 12.1 Å². The summed E-state index contributed by atoms with van der Waals surface area (Å²) >= 11 is 0. The Bertz CT molecular complexity index is 497. The van der Waals surface area contributed by atoms with Crippen LogP contribution >= 0.6 is 0 Å². The molecule has 0 aliphatic heterocycles. The van der Waals surface area contributed by atoms with Crippen LogP contribution in [0.4, 0.5) is 5.69 Å². The van der Waals surface area contributed by atoms with Crippen LogP contribution < -0.4 is 10.1 Å². The van der Waals surface area contributed by atoms with Crippen LogP contribution in [-0.2, 0) is 6.61 Å². The lowest BCUT2D eigenvalue weighted by atomic mass is 10.2. The third kappa shape index (κ3) is 3.21. The minimum absolute atomic E-state index is 0.485. The number of ether oxygens (including phenoxy) is 1. The zero-order valence-corrected chi connectivity index (χ0v) is 10.1. The maximum atomic E-state index is 5.68. The van der Waals surface area contributed by atoms with Crippen molar-refractivity contribution in [2.75, 3.05) is 12.4 Å². The van der Waals surface area contributed by atoms with Crippen molar-refractivity contribution in [3.05, 3.63) is 53.9 Å². The highest BCUT2D eigenvalue weighted by Crippen LogP contribution is 2.15. The highest BCUT2D eigenvalue weighted by molar-refractivity contribution is 5.42. The van der Waals surface area contributed by atoms with Gasteiger partial charge in [0.1, 0.15) is 12.4 Å². The fourth-order valence-electron chi connectivity index (χ4n) is 1.58. The van der Waals surface area contributed by atoms with Crippen molar-refractivity contribution in [1.82, 2.24) is 4.98 Å². The van der Waals surface area contributed by atoms with Gasteiger partial charge in [0.25, 0.3) is 0 Å². The number of aryl methyl sites for hydroxylation is 1. The Morgan fingerprint density at radius 2 is 2.12 bits per heavy atom.